The molecular formula is C18H28FNO. The fraction of sp³-hybridized carbons (Fsp3) is 0.889. The first-order chi connectivity index (χ1) is 10.0. The Labute approximate surface area is 127 Å². The van der Waals surface area contributed by atoms with Gasteiger partial charge in [-0.1, -0.05) is 18.6 Å². The molecule has 3 heteroatoms. The van der Waals surface area contributed by atoms with Crippen molar-refractivity contribution in [1.82, 2.24) is 0 Å². The van der Waals surface area contributed by atoms with E-state index in [1.54, 1.807) is 0 Å². The molecule has 0 aliphatic heterocycles. The zero-order valence-electron chi connectivity index (χ0n) is 13.0. The van der Waals surface area contributed by atoms with Crippen LogP contribution in [-0.4, -0.2) is 23.4 Å². The molecule has 0 amide bonds. The van der Waals surface area contributed by atoms with E-state index in [9.17, 15) is 9.50 Å². The lowest BCUT2D eigenvalue weighted by Crippen LogP contribution is -2.50. The quantitative estimate of drug-likeness (QED) is 0.674. The molecule has 0 aromatic rings. The van der Waals surface area contributed by atoms with Gasteiger partial charge in [0.05, 0.1) is 6.10 Å². The van der Waals surface area contributed by atoms with E-state index in [-0.39, 0.29) is 17.6 Å². The first-order valence-electron chi connectivity index (χ1n) is 8.79. The third kappa shape index (κ3) is 1.96. The van der Waals surface area contributed by atoms with Crippen LogP contribution in [-0.2, 0) is 0 Å². The van der Waals surface area contributed by atoms with Crippen molar-refractivity contribution in [2.24, 2.45) is 34.8 Å². The van der Waals surface area contributed by atoms with Crippen LogP contribution in [0.5, 0.6) is 0 Å². The number of hydrogen-bond donors (Lipinski definition) is 2. The van der Waals surface area contributed by atoms with Gasteiger partial charge in [0, 0.05) is 6.04 Å². The van der Waals surface area contributed by atoms with Gasteiger partial charge in [-0.05, 0) is 74.0 Å². The standard InChI is InChI=1S/C18H28FNO/c1-18-7-6-13-12-5-3-11(21)8-10(12)2-4-14(13)15(18)9-16(19)17(18)20/h8,11-17,21H,2-7,9,20H2,1H3/t11-,12-,13+,14+,15-,16+,17-,18-/m0/s1. The lowest BCUT2D eigenvalue weighted by atomic mass is 9.52. The molecule has 118 valence electrons. The zero-order chi connectivity index (χ0) is 14.8. The molecule has 0 saturated heterocycles. The van der Waals surface area contributed by atoms with Gasteiger partial charge in [0.25, 0.3) is 0 Å². The van der Waals surface area contributed by atoms with E-state index in [0.29, 0.717) is 30.1 Å². The molecule has 3 fully saturated rings. The molecule has 0 aromatic heterocycles. The van der Waals surface area contributed by atoms with Crippen LogP contribution in [0.1, 0.15) is 51.9 Å². The molecule has 0 heterocycles. The molecule has 2 nitrogen and oxygen atoms in total. The molecule has 21 heavy (non-hydrogen) atoms. The van der Waals surface area contributed by atoms with Crippen molar-refractivity contribution < 1.29 is 9.50 Å². The van der Waals surface area contributed by atoms with Gasteiger partial charge in [-0.3, -0.25) is 0 Å². The number of halogens is 1. The number of aliphatic hydroxyl groups is 1. The molecular weight excluding hydrogens is 265 g/mol. The minimum absolute atomic E-state index is 0.0238. The fourth-order valence-corrected chi connectivity index (χ4v) is 6.32. The zero-order valence-corrected chi connectivity index (χ0v) is 13.0. The molecule has 4 aliphatic rings. The number of nitrogens with two attached hydrogens (primary N) is 1. The fourth-order valence-electron chi connectivity index (χ4n) is 6.32. The van der Waals surface area contributed by atoms with E-state index >= 15 is 0 Å². The molecule has 4 aliphatic carbocycles. The lowest BCUT2D eigenvalue weighted by molar-refractivity contribution is -0.0112. The summed E-state index contributed by atoms with van der Waals surface area (Å²) in [7, 11) is 0. The van der Waals surface area contributed by atoms with E-state index in [1.807, 2.05) is 0 Å². The van der Waals surface area contributed by atoms with Gasteiger partial charge in [0.2, 0.25) is 0 Å². The summed E-state index contributed by atoms with van der Waals surface area (Å²) in [6.45, 7) is 2.24. The Kier molecular flexibility index (Phi) is 3.24. The van der Waals surface area contributed by atoms with Gasteiger partial charge in [-0.15, -0.1) is 0 Å². The Balaban J connectivity index is 1.62. The Hall–Kier alpha value is -0.410. The van der Waals surface area contributed by atoms with Crippen molar-refractivity contribution >= 4 is 0 Å². The summed E-state index contributed by atoms with van der Waals surface area (Å²) in [4.78, 5) is 0. The van der Waals surface area contributed by atoms with Crippen LogP contribution < -0.4 is 5.73 Å². The molecule has 3 saturated carbocycles. The maximum atomic E-state index is 14.2. The predicted molar refractivity (Wildman–Crippen MR) is 81.3 cm³/mol. The Morgan fingerprint density at radius 3 is 2.86 bits per heavy atom. The van der Waals surface area contributed by atoms with Crippen LogP contribution in [0.15, 0.2) is 11.6 Å². The van der Waals surface area contributed by atoms with E-state index < -0.39 is 6.17 Å². The highest BCUT2D eigenvalue weighted by molar-refractivity contribution is 5.20. The predicted octanol–water partition coefficient (Wildman–Crippen LogP) is 3.20. The average molecular weight is 293 g/mol. The molecule has 0 aromatic carbocycles. The first-order valence-corrected chi connectivity index (χ1v) is 8.79. The second kappa shape index (κ2) is 4.79. The maximum absolute atomic E-state index is 14.2. The smallest absolute Gasteiger partial charge is 0.116 e. The summed E-state index contributed by atoms with van der Waals surface area (Å²) in [5, 5.41) is 9.86. The number of alkyl halides is 1. The molecule has 0 unspecified atom stereocenters. The molecule has 4 rings (SSSR count). The number of hydrogen-bond acceptors (Lipinski definition) is 2. The summed E-state index contributed by atoms with van der Waals surface area (Å²) < 4.78 is 14.2. The van der Waals surface area contributed by atoms with Crippen molar-refractivity contribution in [3.8, 4) is 0 Å². The van der Waals surface area contributed by atoms with Crippen molar-refractivity contribution in [1.29, 1.82) is 0 Å². The Bertz CT molecular complexity index is 464. The summed E-state index contributed by atoms with van der Waals surface area (Å²) in [6, 6.07) is -0.256. The van der Waals surface area contributed by atoms with Crippen molar-refractivity contribution in [3.05, 3.63) is 11.6 Å². The summed E-state index contributed by atoms with van der Waals surface area (Å²) in [6.07, 6.45) is 8.40. The van der Waals surface area contributed by atoms with Gasteiger partial charge in [-0.2, -0.15) is 0 Å². The maximum Gasteiger partial charge on any atom is 0.116 e. The van der Waals surface area contributed by atoms with Crippen LogP contribution in [0, 0.1) is 29.1 Å². The van der Waals surface area contributed by atoms with E-state index in [1.165, 1.54) is 18.4 Å². The Morgan fingerprint density at radius 1 is 1.24 bits per heavy atom. The first kappa shape index (κ1) is 14.2. The van der Waals surface area contributed by atoms with Crippen molar-refractivity contribution in [2.75, 3.05) is 0 Å². The highest BCUT2D eigenvalue weighted by Gasteiger charge is 2.58. The summed E-state index contributed by atoms with van der Waals surface area (Å²) >= 11 is 0. The SMILES string of the molecule is C[C@]12CC[C@H]3[C@@H](CCC4=C[C@@H](O)CC[C@@H]43)[C@@H]1C[C@@H](F)[C@@H]2N. The summed E-state index contributed by atoms with van der Waals surface area (Å²) in [5.41, 5.74) is 7.74. The third-order valence-electron chi connectivity index (χ3n) is 7.50. The van der Waals surface area contributed by atoms with Crippen LogP contribution in [0.25, 0.3) is 0 Å². The van der Waals surface area contributed by atoms with Crippen molar-refractivity contribution in [3.63, 3.8) is 0 Å². The average Bonchev–Trinajstić information content (AvgIpc) is 2.70. The minimum Gasteiger partial charge on any atom is -0.389 e. The highest BCUT2D eigenvalue weighted by atomic mass is 19.1. The van der Waals surface area contributed by atoms with Gasteiger partial charge >= 0.3 is 0 Å². The van der Waals surface area contributed by atoms with Crippen LogP contribution in [0.3, 0.4) is 0 Å². The van der Waals surface area contributed by atoms with E-state index in [0.717, 1.165) is 25.7 Å². The highest BCUT2D eigenvalue weighted by Crippen LogP contribution is 2.61. The third-order valence-corrected chi connectivity index (χ3v) is 7.50. The van der Waals surface area contributed by atoms with Crippen molar-refractivity contribution in [2.45, 2.75) is 70.2 Å². The monoisotopic (exact) mass is 293 g/mol. The summed E-state index contributed by atoms with van der Waals surface area (Å²) in [5.74, 6) is 2.52. The van der Waals surface area contributed by atoms with Gasteiger partial charge in [0.15, 0.2) is 0 Å². The number of fused-ring (bicyclic) bond motifs is 5. The van der Waals surface area contributed by atoms with Gasteiger partial charge in [0.1, 0.15) is 6.17 Å². The molecule has 0 spiro atoms. The molecule has 3 N–H and O–H groups in total. The second-order valence-electron chi connectivity index (χ2n) is 8.29. The van der Waals surface area contributed by atoms with Gasteiger partial charge in [-0.25, -0.2) is 4.39 Å². The number of rotatable bonds is 0. The minimum atomic E-state index is -0.802. The molecule has 8 atom stereocenters. The molecule has 0 bridgehead atoms. The van der Waals surface area contributed by atoms with E-state index in [2.05, 4.69) is 13.0 Å². The number of allylic oxidation sites excluding steroid dienone is 1. The number of aliphatic hydroxyl groups excluding tert-OH is 1. The van der Waals surface area contributed by atoms with Crippen LogP contribution in [0.4, 0.5) is 4.39 Å². The normalized spacial score (nSPS) is 56.2. The van der Waals surface area contributed by atoms with Crippen LogP contribution in [0.2, 0.25) is 0 Å². The van der Waals surface area contributed by atoms with Gasteiger partial charge < -0.3 is 10.8 Å². The molecule has 0 radical (unpaired) electrons. The second-order valence-corrected chi connectivity index (χ2v) is 8.29. The lowest BCUT2D eigenvalue weighted by Gasteiger charge is -2.53. The largest absolute Gasteiger partial charge is 0.389 e. The Morgan fingerprint density at radius 2 is 2.05 bits per heavy atom. The van der Waals surface area contributed by atoms with Crippen LogP contribution >= 0.6 is 0 Å². The van der Waals surface area contributed by atoms with E-state index in [4.69, 9.17) is 5.73 Å². The topological polar surface area (TPSA) is 46.2 Å².